The molecule has 0 aliphatic rings. The van der Waals surface area contributed by atoms with Gasteiger partial charge in [-0.3, -0.25) is 0 Å². The van der Waals surface area contributed by atoms with E-state index in [1.807, 2.05) is 0 Å². The zero-order valence-corrected chi connectivity index (χ0v) is 20.7. The third kappa shape index (κ3) is 16.7. The van der Waals surface area contributed by atoms with Crippen molar-refractivity contribution in [1.29, 1.82) is 0 Å². The highest BCUT2D eigenvalue weighted by molar-refractivity contribution is 6.03. The van der Waals surface area contributed by atoms with Gasteiger partial charge >= 0.3 is 11.9 Å². The van der Waals surface area contributed by atoms with E-state index in [4.69, 9.17) is 19.7 Å². The molecule has 0 aromatic heterocycles. The van der Waals surface area contributed by atoms with Gasteiger partial charge in [-0.25, -0.2) is 9.59 Å². The normalized spacial score (nSPS) is 9.69. The van der Waals surface area contributed by atoms with Gasteiger partial charge in [0.15, 0.2) is 0 Å². The molecular weight excluding hydrogens is 408 g/mol. The van der Waals surface area contributed by atoms with Crippen molar-refractivity contribution < 1.29 is 29.3 Å². The molecule has 0 spiro atoms. The number of ether oxygens (including phenoxy) is 2. The van der Waals surface area contributed by atoms with E-state index in [9.17, 15) is 9.59 Å². The molecule has 0 bridgehead atoms. The summed E-state index contributed by atoms with van der Waals surface area (Å²) >= 11 is 0. The largest absolute Gasteiger partial charge is 0.462 e. The molecular formula is C26H46O6. The van der Waals surface area contributed by atoms with E-state index >= 15 is 0 Å². The Bertz CT molecular complexity index is 510. The van der Waals surface area contributed by atoms with Crippen LogP contribution in [0.3, 0.4) is 0 Å². The summed E-state index contributed by atoms with van der Waals surface area (Å²) in [7, 11) is 2.00. The number of hydrogen-bond acceptors (Lipinski definition) is 6. The van der Waals surface area contributed by atoms with Crippen LogP contribution in [-0.4, -0.2) is 49.6 Å². The van der Waals surface area contributed by atoms with Crippen molar-refractivity contribution in [1.82, 2.24) is 0 Å². The molecule has 0 aliphatic carbocycles. The molecule has 0 fully saturated rings. The number of benzene rings is 1. The predicted octanol–water partition coefficient (Wildman–Crippen LogP) is 5.94. The minimum absolute atomic E-state index is 0.293. The number of carbonyl (C=O) groups is 2. The summed E-state index contributed by atoms with van der Waals surface area (Å²) < 4.78 is 10.7. The van der Waals surface area contributed by atoms with E-state index in [1.165, 1.54) is 51.4 Å². The van der Waals surface area contributed by atoms with E-state index < -0.39 is 11.9 Å². The van der Waals surface area contributed by atoms with Crippen LogP contribution in [0.5, 0.6) is 0 Å². The molecule has 0 atom stereocenters. The lowest BCUT2D eigenvalue weighted by Crippen LogP contribution is -2.15. The van der Waals surface area contributed by atoms with Crippen LogP contribution in [0, 0.1) is 0 Å². The number of rotatable bonds is 16. The average Bonchev–Trinajstić information content (AvgIpc) is 2.85. The highest BCUT2D eigenvalue weighted by Crippen LogP contribution is 2.14. The maximum atomic E-state index is 12.4. The lowest BCUT2D eigenvalue weighted by Gasteiger charge is -2.10. The second-order valence-electron chi connectivity index (χ2n) is 7.35. The molecule has 1 aromatic rings. The van der Waals surface area contributed by atoms with E-state index in [0.717, 1.165) is 39.9 Å². The van der Waals surface area contributed by atoms with Gasteiger partial charge in [-0.05, 0) is 25.0 Å². The van der Waals surface area contributed by atoms with Gasteiger partial charge in [-0.1, -0.05) is 90.2 Å². The first-order valence-corrected chi connectivity index (χ1v) is 12.0. The van der Waals surface area contributed by atoms with Crippen molar-refractivity contribution in [3.8, 4) is 0 Å². The molecule has 186 valence electrons. The van der Waals surface area contributed by atoms with Crippen LogP contribution in [0.1, 0.15) is 112 Å². The fourth-order valence-electron chi connectivity index (χ4n) is 3.09. The maximum Gasteiger partial charge on any atom is 0.339 e. The molecule has 0 aliphatic heterocycles. The Morgan fingerprint density at radius 2 is 0.906 bits per heavy atom. The van der Waals surface area contributed by atoms with Crippen molar-refractivity contribution in [2.45, 2.75) is 90.9 Å². The van der Waals surface area contributed by atoms with Crippen LogP contribution in [0.2, 0.25) is 0 Å². The molecule has 32 heavy (non-hydrogen) atoms. The highest BCUT2D eigenvalue weighted by Gasteiger charge is 2.18. The Morgan fingerprint density at radius 3 is 1.25 bits per heavy atom. The molecule has 6 heteroatoms. The summed E-state index contributed by atoms with van der Waals surface area (Å²) in [6.45, 7) is 5.17. The molecule has 0 saturated heterocycles. The fraction of sp³-hybridized carbons (Fsp3) is 0.692. The van der Waals surface area contributed by atoms with Gasteiger partial charge in [0, 0.05) is 14.2 Å². The third-order valence-electron chi connectivity index (χ3n) is 4.83. The second kappa shape index (κ2) is 25.3. The summed E-state index contributed by atoms with van der Waals surface area (Å²) in [5.41, 5.74) is 0.586. The van der Waals surface area contributed by atoms with E-state index in [0.29, 0.717) is 24.3 Å². The number of hydrogen-bond donors (Lipinski definition) is 2. The smallest absolute Gasteiger partial charge is 0.339 e. The second-order valence-corrected chi connectivity index (χ2v) is 7.35. The fourth-order valence-corrected chi connectivity index (χ4v) is 3.09. The monoisotopic (exact) mass is 454 g/mol. The minimum atomic E-state index is -0.444. The maximum absolute atomic E-state index is 12.4. The van der Waals surface area contributed by atoms with Crippen LogP contribution in [-0.2, 0) is 9.47 Å². The van der Waals surface area contributed by atoms with Gasteiger partial charge in [0.25, 0.3) is 0 Å². The van der Waals surface area contributed by atoms with E-state index in [2.05, 4.69) is 13.8 Å². The molecule has 0 unspecified atom stereocenters. The van der Waals surface area contributed by atoms with E-state index in [-0.39, 0.29) is 0 Å². The third-order valence-corrected chi connectivity index (χ3v) is 4.83. The highest BCUT2D eigenvalue weighted by atomic mass is 16.5. The Balaban J connectivity index is 0. The van der Waals surface area contributed by atoms with Gasteiger partial charge in [0.1, 0.15) is 0 Å². The molecule has 0 amide bonds. The van der Waals surface area contributed by atoms with Gasteiger partial charge in [0.05, 0.1) is 24.3 Å². The number of aliphatic hydroxyl groups excluding tert-OH is 2. The molecule has 0 saturated carbocycles. The number of unbranched alkanes of at least 4 members (excludes halogenated alkanes) is 10. The summed E-state index contributed by atoms with van der Waals surface area (Å²) in [6.07, 6.45) is 13.6. The Labute approximate surface area is 195 Å². The zero-order chi connectivity index (χ0) is 24.5. The molecule has 1 aromatic carbocycles. The number of carbonyl (C=O) groups excluding carboxylic acids is 2. The lowest BCUT2D eigenvalue weighted by molar-refractivity contribution is 0.0450. The van der Waals surface area contributed by atoms with Crippen LogP contribution in [0.4, 0.5) is 0 Å². The van der Waals surface area contributed by atoms with Crippen molar-refractivity contribution in [3.05, 3.63) is 35.4 Å². The topological polar surface area (TPSA) is 93.1 Å². The SMILES string of the molecule is CCCCCCCCOC(=O)c1ccccc1C(=O)OCCCCCCCC.CO.CO. The van der Waals surface area contributed by atoms with Crippen molar-refractivity contribution in [2.75, 3.05) is 27.4 Å². The van der Waals surface area contributed by atoms with E-state index in [1.54, 1.807) is 24.3 Å². The number of esters is 2. The summed E-state index contributed by atoms with van der Waals surface area (Å²) in [5.74, 6) is -0.888. The van der Waals surface area contributed by atoms with Gasteiger partial charge in [0.2, 0.25) is 0 Å². The quantitative estimate of drug-likeness (QED) is 0.237. The van der Waals surface area contributed by atoms with Crippen molar-refractivity contribution in [2.24, 2.45) is 0 Å². The summed E-state index contributed by atoms with van der Waals surface area (Å²) in [5, 5.41) is 14.0. The van der Waals surface area contributed by atoms with Gasteiger partial charge in [-0.2, -0.15) is 0 Å². The molecule has 6 nitrogen and oxygen atoms in total. The molecule has 0 radical (unpaired) electrons. The first-order valence-electron chi connectivity index (χ1n) is 12.0. The van der Waals surface area contributed by atoms with Crippen LogP contribution >= 0.6 is 0 Å². The number of aliphatic hydroxyl groups is 2. The predicted molar refractivity (Wildman–Crippen MR) is 130 cm³/mol. The summed E-state index contributed by atoms with van der Waals surface area (Å²) in [6, 6.07) is 6.74. The first-order chi connectivity index (χ1) is 15.7. The standard InChI is InChI=1S/C24H38O4.2CH4O/c1-3-5-7-9-11-15-19-27-23(25)21-17-13-14-18-22(21)24(26)28-20-16-12-10-8-6-4-2;2*1-2/h13-14,17-18H,3-12,15-16,19-20H2,1-2H3;2*2H,1H3. The Morgan fingerprint density at radius 1 is 0.594 bits per heavy atom. The minimum Gasteiger partial charge on any atom is -0.462 e. The van der Waals surface area contributed by atoms with Crippen molar-refractivity contribution >= 4 is 11.9 Å². The lowest BCUT2D eigenvalue weighted by atomic mass is 10.1. The van der Waals surface area contributed by atoms with Crippen LogP contribution < -0.4 is 0 Å². The Hall–Kier alpha value is -1.92. The molecule has 0 heterocycles. The van der Waals surface area contributed by atoms with Gasteiger partial charge in [-0.15, -0.1) is 0 Å². The van der Waals surface area contributed by atoms with Crippen molar-refractivity contribution in [3.63, 3.8) is 0 Å². The first kappa shape index (κ1) is 32.3. The Kier molecular flexibility index (Phi) is 25.5. The van der Waals surface area contributed by atoms with Crippen LogP contribution in [0.15, 0.2) is 24.3 Å². The van der Waals surface area contributed by atoms with Crippen LogP contribution in [0.25, 0.3) is 0 Å². The average molecular weight is 455 g/mol. The van der Waals surface area contributed by atoms with Gasteiger partial charge < -0.3 is 19.7 Å². The molecule has 2 N–H and O–H groups in total. The summed E-state index contributed by atoms with van der Waals surface area (Å²) in [4.78, 5) is 24.7. The zero-order valence-electron chi connectivity index (χ0n) is 20.7. The molecule has 1 rings (SSSR count).